The summed E-state index contributed by atoms with van der Waals surface area (Å²) in [6, 6.07) is 24.6. The largest absolute Gasteiger partial charge is 0.398 e. The van der Waals surface area contributed by atoms with Crippen LogP contribution in [0.4, 0.5) is 20.2 Å². The third-order valence-electron chi connectivity index (χ3n) is 11.6. The quantitative estimate of drug-likeness (QED) is 0.124. The van der Waals surface area contributed by atoms with Crippen molar-refractivity contribution in [2.45, 2.75) is 62.9 Å². The fourth-order valence-electron chi connectivity index (χ4n) is 8.65. The van der Waals surface area contributed by atoms with Gasteiger partial charge < -0.3 is 15.5 Å². The number of nitrogen functional groups attached to an aromatic ring is 1. The van der Waals surface area contributed by atoms with Crippen molar-refractivity contribution in [2.24, 2.45) is 0 Å². The number of hydrogen-bond acceptors (Lipinski definition) is 7. The van der Waals surface area contributed by atoms with Crippen LogP contribution in [0.25, 0.3) is 12.2 Å². The maximum Gasteiger partial charge on any atom is 0.246 e. The van der Waals surface area contributed by atoms with E-state index in [9.17, 15) is 26.8 Å². The zero-order chi connectivity index (χ0) is 42.6. The highest BCUT2D eigenvalue weighted by Crippen LogP contribution is 2.34. The molecule has 0 spiro atoms. The van der Waals surface area contributed by atoms with E-state index in [1.807, 2.05) is 40.1 Å². The summed E-state index contributed by atoms with van der Waals surface area (Å²) < 4.78 is 52.0. The minimum absolute atomic E-state index is 0.00711. The van der Waals surface area contributed by atoms with Gasteiger partial charge >= 0.3 is 0 Å². The number of likely N-dealkylation sites (tertiary alicyclic amines) is 2. The molecule has 0 aliphatic carbocycles. The highest BCUT2D eigenvalue weighted by molar-refractivity contribution is 7.92. The molecule has 3 N–H and O–H groups in total. The summed E-state index contributed by atoms with van der Waals surface area (Å²) in [6.07, 6.45) is 11.7. The van der Waals surface area contributed by atoms with Crippen LogP contribution in [0, 0.1) is 11.6 Å². The summed E-state index contributed by atoms with van der Waals surface area (Å²) in [4.78, 5) is 34.2. The highest BCUT2D eigenvalue weighted by atomic mass is 35.5. The van der Waals surface area contributed by atoms with E-state index >= 15 is 0 Å². The van der Waals surface area contributed by atoms with Gasteiger partial charge in [0.2, 0.25) is 21.8 Å². The Labute approximate surface area is 360 Å². The predicted molar refractivity (Wildman–Crippen MR) is 235 cm³/mol. The standard InChI is InChI=1S/C23H25ClFN3O3S.C22H23ClFN3O/c1-32(30,31)26-22-12-18(24)6-4-17(22)5-11-23(29)27-14-20-9-10-21(15-27)28(20)13-16-2-7-19(25)8-3-16;23-17-5-3-16(21(25)11-17)4-10-22(28)26-13-19-8-9-20(14-26)27(19)12-15-1-6-18(24)7-2-15/h2-8,11-12,20-21,26H,9-10,13-15H2,1H3;1-7,10-11,19-20H,8-9,12-14,25H2/b11-5+;10-4+. The Kier molecular flexibility index (Phi) is 13.6. The van der Waals surface area contributed by atoms with Gasteiger partial charge in [-0.25, -0.2) is 17.2 Å². The number of anilines is 2. The average Bonchev–Trinajstić information content (AvgIpc) is 3.55. The van der Waals surface area contributed by atoms with Crippen molar-refractivity contribution >= 4 is 68.6 Å². The normalized spacial score (nSPS) is 21.7. The van der Waals surface area contributed by atoms with Crippen LogP contribution in [0.2, 0.25) is 10.0 Å². The molecular formula is C45H48Cl2F2N6O4S. The highest BCUT2D eigenvalue weighted by Gasteiger charge is 2.42. The summed E-state index contributed by atoms with van der Waals surface area (Å²) in [5.41, 5.74) is 10.4. The fraction of sp³-hybridized carbons (Fsp3) is 0.333. The molecule has 0 saturated carbocycles. The lowest BCUT2D eigenvalue weighted by atomic mass is 10.1. The Hall–Kier alpha value is -4.79. The molecule has 4 atom stereocenters. The van der Waals surface area contributed by atoms with E-state index in [0.29, 0.717) is 52.2 Å². The lowest BCUT2D eigenvalue weighted by Crippen LogP contribution is -2.54. The zero-order valence-corrected chi connectivity index (χ0v) is 35.5. The first-order valence-corrected chi connectivity index (χ1v) is 22.6. The van der Waals surface area contributed by atoms with Gasteiger partial charge in [0.05, 0.1) is 11.9 Å². The number of piperazine rings is 2. The van der Waals surface area contributed by atoms with Gasteiger partial charge in [0.25, 0.3) is 0 Å². The number of rotatable bonds is 10. The van der Waals surface area contributed by atoms with Crippen molar-refractivity contribution in [1.82, 2.24) is 19.6 Å². The van der Waals surface area contributed by atoms with Crippen LogP contribution in [0.5, 0.6) is 0 Å². The molecule has 4 aromatic rings. The van der Waals surface area contributed by atoms with Gasteiger partial charge in [-0.05, 0) is 109 Å². The van der Waals surface area contributed by atoms with E-state index < -0.39 is 10.0 Å². The SMILES string of the molecule is CS(=O)(=O)Nc1cc(Cl)ccc1/C=C/C(=O)N1CC2CCC(C1)N2Cc1ccc(F)cc1.Nc1cc(Cl)ccc1/C=C/C(=O)N1CC2CCC(C1)N2Cc1ccc(F)cc1. The Morgan fingerprint density at radius 3 is 1.48 bits per heavy atom. The minimum Gasteiger partial charge on any atom is -0.398 e. The first kappa shape index (κ1) is 43.3. The molecule has 4 saturated heterocycles. The van der Waals surface area contributed by atoms with Gasteiger partial charge in [0, 0.05) is 91.3 Å². The van der Waals surface area contributed by atoms with E-state index in [0.717, 1.165) is 74.8 Å². The molecule has 60 heavy (non-hydrogen) atoms. The molecule has 10 nitrogen and oxygen atoms in total. The Balaban J connectivity index is 0.000000183. The van der Waals surface area contributed by atoms with Crippen LogP contribution in [0.15, 0.2) is 97.1 Å². The van der Waals surface area contributed by atoms with E-state index in [-0.39, 0.29) is 35.5 Å². The third kappa shape index (κ3) is 11.1. The van der Waals surface area contributed by atoms with E-state index in [1.54, 1.807) is 42.5 Å². The van der Waals surface area contributed by atoms with Crippen LogP contribution >= 0.6 is 23.2 Å². The number of nitrogens with two attached hydrogens (primary N) is 1. The van der Waals surface area contributed by atoms with Crippen molar-refractivity contribution < 1.29 is 26.8 Å². The number of carbonyl (C=O) groups is 2. The van der Waals surface area contributed by atoms with Gasteiger partial charge in [0.1, 0.15) is 11.6 Å². The summed E-state index contributed by atoms with van der Waals surface area (Å²) >= 11 is 11.9. The van der Waals surface area contributed by atoms with Crippen LogP contribution in [-0.2, 0) is 32.7 Å². The number of nitrogens with one attached hydrogen (secondary N) is 1. The molecule has 316 valence electrons. The van der Waals surface area contributed by atoms with Crippen molar-refractivity contribution in [1.29, 1.82) is 0 Å². The lowest BCUT2D eigenvalue weighted by molar-refractivity contribution is -0.130. The molecule has 4 bridgehead atoms. The topological polar surface area (TPSA) is 119 Å². The number of sulfonamides is 1. The molecule has 2 amide bonds. The first-order valence-electron chi connectivity index (χ1n) is 19.9. The summed E-state index contributed by atoms with van der Waals surface area (Å²) in [5.74, 6) is -0.555. The second-order valence-electron chi connectivity index (χ2n) is 15.9. The second kappa shape index (κ2) is 18.9. The zero-order valence-electron chi connectivity index (χ0n) is 33.2. The monoisotopic (exact) mass is 876 g/mol. The Morgan fingerprint density at radius 2 is 1.07 bits per heavy atom. The van der Waals surface area contributed by atoms with Gasteiger partial charge in [-0.1, -0.05) is 59.6 Å². The maximum absolute atomic E-state index is 13.2. The molecule has 4 aliphatic rings. The van der Waals surface area contributed by atoms with Gasteiger partial charge in [0.15, 0.2) is 0 Å². The number of halogens is 4. The third-order valence-corrected chi connectivity index (χ3v) is 12.7. The summed E-state index contributed by atoms with van der Waals surface area (Å²) in [5, 5.41) is 0.975. The summed E-state index contributed by atoms with van der Waals surface area (Å²) in [7, 11) is -3.48. The number of carbonyl (C=O) groups excluding carboxylic acids is 2. The number of hydrogen-bond donors (Lipinski definition) is 2. The van der Waals surface area contributed by atoms with Gasteiger partial charge in [-0.15, -0.1) is 0 Å². The van der Waals surface area contributed by atoms with E-state index in [2.05, 4.69) is 14.5 Å². The molecule has 4 aromatic carbocycles. The average molecular weight is 878 g/mol. The minimum atomic E-state index is -3.48. The van der Waals surface area contributed by atoms with Crippen LogP contribution < -0.4 is 10.5 Å². The van der Waals surface area contributed by atoms with Crippen molar-refractivity contribution in [3.63, 3.8) is 0 Å². The molecule has 15 heteroatoms. The predicted octanol–water partition coefficient (Wildman–Crippen LogP) is 7.69. The maximum atomic E-state index is 13.2. The smallest absolute Gasteiger partial charge is 0.246 e. The summed E-state index contributed by atoms with van der Waals surface area (Å²) in [6.45, 7) is 4.26. The lowest BCUT2D eigenvalue weighted by Gasteiger charge is -2.40. The Bertz CT molecular complexity index is 2340. The van der Waals surface area contributed by atoms with E-state index in [1.165, 1.54) is 36.4 Å². The van der Waals surface area contributed by atoms with Gasteiger partial charge in [-0.3, -0.25) is 24.1 Å². The molecule has 0 aromatic heterocycles. The molecule has 8 rings (SSSR count). The number of benzene rings is 4. The molecule has 0 radical (unpaired) electrons. The second-order valence-corrected chi connectivity index (χ2v) is 18.5. The first-order chi connectivity index (χ1) is 28.7. The molecule has 4 fully saturated rings. The van der Waals surface area contributed by atoms with E-state index in [4.69, 9.17) is 28.9 Å². The van der Waals surface area contributed by atoms with Crippen LogP contribution in [0.1, 0.15) is 47.9 Å². The number of fused-ring (bicyclic) bond motifs is 4. The fourth-order valence-corrected chi connectivity index (χ4v) is 9.58. The van der Waals surface area contributed by atoms with Crippen molar-refractivity contribution in [2.75, 3.05) is 42.9 Å². The molecule has 4 heterocycles. The number of amides is 2. The van der Waals surface area contributed by atoms with Crippen molar-refractivity contribution in [3.8, 4) is 0 Å². The van der Waals surface area contributed by atoms with Crippen LogP contribution in [-0.4, -0.2) is 96.4 Å². The molecular weight excluding hydrogens is 830 g/mol. The van der Waals surface area contributed by atoms with Crippen molar-refractivity contribution in [3.05, 3.63) is 141 Å². The van der Waals surface area contributed by atoms with Gasteiger partial charge in [-0.2, -0.15) is 0 Å². The molecule has 4 aliphatic heterocycles. The van der Waals surface area contributed by atoms with Crippen LogP contribution in [0.3, 0.4) is 0 Å². The number of nitrogens with zero attached hydrogens (tertiary/aromatic N) is 4. The molecule has 4 unspecified atom stereocenters. The Morgan fingerprint density at radius 1 is 0.667 bits per heavy atom.